The van der Waals surface area contributed by atoms with Gasteiger partial charge in [0, 0.05) is 19.4 Å². The topological polar surface area (TPSA) is 46.3 Å². The van der Waals surface area contributed by atoms with E-state index in [1.54, 1.807) is 0 Å². The van der Waals surface area contributed by atoms with Crippen LogP contribution < -0.4 is 0 Å². The number of likely N-dealkylation sites (tertiary alicyclic amines) is 1. The molecule has 4 heteroatoms. The van der Waals surface area contributed by atoms with Gasteiger partial charge in [-0.2, -0.15) is 0 Å². The molecule has 1 unspecified atom stereocenters. The highest BCUT2D eigenvalue weighted by Crippen LogP contribution is 2.26. The molecule has 2 rings (SSSR count). The summed E-state index contributed by atoms with van der Waals surface area (Å²) in [5.74, 6) is 1.04. The molecule has 1 aliphatic heterocycles. The van der Waals surface area contributed by atoms with Crippen LogP contribution in [-0.2, 0) is 0 Å². The van der Waals surface area contributed by atoms with E-state index in [9.17, 15) is 4.79 Å². The zero-order valence-corrected chi connectivity index (χ0v) is 9.90. The van der Waals surface area contributed by atoms with Crippen LogP contribution in [0, 0.1) is 0 Å². The minimum Gasteiger partial charge on any atom is -0.448 e. The van der Waals surface area contributed by atoms with E-state index in [4.69, 9.17) is 4.42 Å². The standard InChI is InChI=1S/C12H18N2O2/c1-3-14-6-4-5-10(7-14)12-13-11(8-16-12)9(2)15/h8,10H,3-7H2,1-2H3. The maximum absolute atomic E-state index is 11.1. The van der Waals surface area contributed by atoms with Gasteiger partial charge in [0.2, 0.25) is 0 Å². The highest BCUT2D eigenvalue weighted by molar-refractivity contribution is 5.91. The predicted octanol–water partition coefficient (Wildman–Crippen LogP) is 2.08. The van der Waals surface area contributed by atoms with Gasteiger partial charge in [-0.1, -0.05) is 6.92 Å². The first-order valence-corrected chi connectivity index (χ1v) is 5.89. The fraction of sp³-hybridized carbons (Fsp3) is 0.667. The zero-order chi connectivity index (χ0) is 11.5. The number of aromatic nitrogens is 1. The molecule has 1 aliphatic rings. The molecule has 1 aromatic heterocycles. The number of nitrogens with zero attached hydrogens (tertiary/aromatic N) is 2. The maximum Gasteiger partial charge on any atom is 0.199 e. The van der Waals surface area contributed by atoms with Crippen LogP contribution in [0.2, 0.25) is 0 Å². The second-order valence-electron chi connectivity index (χ2n) is 4.36. The van der Waals surface area contributed by atoms with E-state index in [0.29, 0.717) is 11.6 Å². The van der Waals surface area contributed by atoms with Crippen LogP contribution in [0.25, 0.3) is 0 Å². The Labute approximate surface area is 95.6 Å². The van der Waals surface area contributed by atoms with Crippen molar-refractivity contribution in [3.63, 3.8) is 0 Å². The smallest absolute Gasteiger partial charge is 0.199 e. The van der Waals surface area contributed by atoms with Crippen molar-refractivity contribution in [2.24, 2.45) is 0 Å². The van der Waals surface area contributed by atoms with Crippen molar-refractivity contribution in [1.82, 2.24) is 9.88 Å². The van der Waals surface area contributed by atoms with E-state index in [1.807, 2.05) is 0 Å². The lowest BCUT2D eigenvalue weighted by atomic mass is 9.98. The summed E-state index contributed by atoms with van der Waals surface area (Å²) in [7, 11) is 0. The van der Waals surface area contributed by atoms with E-state index in [2.05, 4.69) is 16.8 Å². The monoisotopic (exact) mass is 222 g/mol. The van der Waals surface area contributed by atoms with Gasteiger partial charge in [-0.05, 0) is 25.9 Å². The molecule has 0 aromatic carbocycles. The van der Waals surface area contributed by atoms with Crippen molar-refractivity contribution in [2.45, 2.75) is 32.6 Å². The Morgan fingerprint density at radius 3 is 3.12 bits per heavy atom. The van der Waals surface area contributed by atoms with Gasteiger partial charge in [0.05, 0.1) is 0 Å². The minimum absolute atomic E-state index is 0.0295. The number of hydrogen-bond acceptors (Lipinski definition) is 4. The summed E-state index contributed by atoms with van der Waals surface area (Å²) in [6.45, 7) is 6.90. The summed E-state index contributed by atoms with van der Waals surface area (Å²) >= 11 is 0. The number of oxazole rings is 1. The quantitative estimate of drug-likeness (QED) is 0.734. The fourth-order valence-corrected chi connectivity index (χ4v) is 2.18. The maximum atomic E-state index is 11.1. The molecule has 0 amide bonds. The van der Waals surface area contributed by atoms with Crippen molar-refractivity contribution in [3.05, 3.63) is 17.8 Å². The molecule has 1 aromatic rings. The summed E-state index contributed by atoms with van der Waals surface area (Å²) in [6.07, 6.45) is 3.76. The van der Waals surface area contributed by atoms with Crippen LogP contribution in [-0.4, -0.2) is 35.3 Å². The van der Waals surface area contributed by atoms with Crippen LogP contribution in [0.4, 0.5) is 0 Å². The molecule has 0 aliphatic carbocycles. The number of ketones is 1. The molecular formula is C12H18N2O2. The molecule has 4 nitrogen and oxygen atoms in total. The van der Waals surface area contributed by atoms with Gasteiger partial charge in [0.1, 0.15) is 12.0 Å². The van der Waals surface area contributed by atoms with E-state index in [0.717, 1.165) is 31.9 Å². The molecule has 2 heterocycles. The summed E-state index contributed by atoms with van der Waals surface area (Å²) in [6, 6.07) is 0. The number of likely N-dealkylation sites (N-methyl/N-ethyl adjacent to an activating group) is 1. The van der Waals surface area contributed by atoms with Crippen LogP contribution in [0.1, 0.15) is 49.0 Å². The van der Waals surface area contributed by atoms with Gasteiger partial charge < -0.3 is 9.32 Å². The summed E-state index contributed by atoms with van der Waals surface area (Å²) in [5.41, 5.74) is 0.448. The fourth-order valence-electron chi connectivity index (χ4n) is 2.18. The second kappa shape index (κ2) is 4.78. The molecule has 88 valence electrons. The third kappa shape index (κ3) is 2.32. The molecule has 1 saturated heterocycles. The van der Waals surface area contributed by atoms with Gasteiger partial charge in [-0.25, -0.2) is 4.98 Å². The van der Waals surface area contributed by atoms with Crippen LogP contribution >= 0.6 is 0 Å². The first kappa shape index (κ1) is 11.3. The van der Waals surface area contributed by atoms with E-state index < -0.39 is 0 Å². The van der Waals surface area contributed by atoms with E-state index in [1.165, 1.54) is 19.6 Å². The molecule has 0 bridgehead atoms. The molecule has 0 spiro atoms. The Bertz CT molecular complexity index is 373. The molecule has 0 radical (unpaired) electrons. The van der Waals surface area contributed by atoms with Gasteiger partial charge in [0.25, 0.3) is 0 Å². The number of piperidine rings is 1. The molecular weight excluding hydrogens is 204 g/mol. The minimum atomic E-state index is -0.0295. The molecule has 0 N–H and O–H groups in total. The Hall–Kier alpha value is -1.16. The van der Waals surface area contributed by atoms with Gasteiger partial charge in [-0.3, -0.25) is 4.79 Å². The largest absolute Gasteiger partial charge is 0.448 e. The summed E-state index contributed by atoms with van der Waals surface area (Å²) in [4.78, 5) is 17.8. The highest BCUT2D eigenvalue weighted by atomic mass is 16.3. The first-order valence-electron chi connectivity index (χ1n) is 5.89. The molecule has 0 saturated carbocycles. The Morgan fingerprint density at radius 2 is 2.50 bits per heavy atom. The lowest BCUT2D eigenvalue weighted by Gasteiger charge is -2.29. The number of hydrogen-bond donors (Lipinski definition) is 0. The lowest BCUT2D eigenvalue weighted by Crippen LogP contribution is -2.34. The van der Waals surface area contributed by atoms with Crippen molar-refractivity contribution in [2.75, 3.05) is 19.6 Å². The number of rotatable bonds is 3. The average molecular weight is 222 g/mol. The van der Waals surface area contributed by atoms with Gasteiger partial charge in [0.15, 0.2) is 11.7 Å². The normalized spacial score (nSPS) is 22.2. The number of carbonyl (C=O) groups excluding carboxylic acids is 1. The molecule has 1 fully saturated rings. The van der Waals surface area contributed by atoms with E-state index >= 15 is 0 Å². The van der Waals surface area contributed by atoms with Crippen LogP contribution in [0.3, 0.4) is 0 Å². The van der Waals surface area contributed by atoms with E-state index in [-0.39, 0.29) is 5.78 Å². The van der Waals surface area contributed by atoms with Crippen molar-refractivity contribution in [3.8, 4) is 0 Å². The zero-order valence-electron chi connectivity index (χ0n) is 9.90. The lowest BCUT2D eigenvalue weighted by molar-refractivity contribution is 0.101. The Kier molecular flexibility index (Phi) is 3.39. The van der Waals surface area contributed by atoms with Crippen LogP contribution in [0.5, 0.6) is 0 Å². The number of carbonyl (C=O) groups is 1. The third-order valence-corrected chi connectivity index (χ3v) is 3.18. The summed E-state index contributed by atoms with van der Waals surface area (Å²) in [5, 5.41) is 0. The van der Waals surface area contributed by atoms with Crippen molar-refractivity contribution in [1.29, 1.82) is 0 Å². The summed E-state index contributed by atoms with van der Waals surface area (Å²) < 4.78 is 5.40. The Balaban J connectivity index is 2.08. The SMILES string of the molecule is CCN1CCCC(c2nc(C(C)=O)co2)C1. The van der Waals surface area contributed by atoms with Crippen molar-refractivity contribution >= 4 is 5.78 Å². The Morgan fingerprint density at radius 1 is 1.69 bits per heavy atom. The van der Waals surface area contributed by atoms with Crippen LogP contribution in [0.15, 0.2) is 10.7 Å². The second-order valence-corrected chi connectivity index (χ2v) is 4.36. The number of Topliss-reactive ketones (excluding diaryl/α,β-unsaturated/α-hetero) is 1. The average Bonchev–Trinajstić information content (AvgIpc) is 2.78. The van der Waals surface area contributed by atoms with Gasteiger partial charge in [-0.15, -0.1) is 0 Å². The molecule has 16 heavy (non-hydrogen) atoms. The van der Waals surface area contributed by atoms with Gasteiger partial charge >= 0.3 is 0 Å². The predicted molar refractivity (Wildman–Crippen MR) is 60.6 cm³/mol. The highest BCUT2D eigenvalue weighted by Gasteiger charge is 2.24. The third-order valence-electron chi connectivity index (χ3n) is 3.18. The molecule has 1 atom stereocenters. The first-order chi connectivity index (χ1) is 7.70. The van der Waals surface area contributed by atoms with Crippen molar-refractivity contribution < 1.29 is 9.21 Å².